The molecular formula is C15H21N3O2. The molecule has 0 radical (unpaired) electrons. The molecule has 5 nitrogen and oxygen atoms in total. The van der Waals surface area contributed by atoms with Crippen LogP contribution in [0.15, 0.2) is 30.3 Å². The molecule has 1 saturated heterocycles. The van der Waals surface area contributed by atoms with Crippen LogP contribution >= 0.6 is 0 Å². The summed E-state index contributed by atoms with van der Waals surface area (Å²) in [4.78, 5) is 27.5. The van der Waals surface area contributed by atoms with Gasteiger partial charge in [-0.15, -0.1) is 0 Å². The van der Waals surface area contributed by atoms with E-state index in [4.69, 9.17) is 0 Å². The maximum absolute atomic E-state index is 12.2. The summed E-state index contributed by atoms with van der Waals surface area (Å²) in [7, 11) is 3.46. The van der Waals surface area contributed by atoms with Crippen LogP contribution in [0.25, 0.3) is 0 Å². The molecule has 1 unspecified atom stereocenters. The van der Waals surface area contributed by atoms with Gasteiger partial charge in [-0.25, -0.2) is 0 Å². The highest BCUT2D eigenvalue weighted by Crippen LogP contribution is 2.19. The van der Waals surface area contributed by atoms with E-state index >= 15 is 0 Å². The van der Waals surface area contributed by atoms with Gasteiger partial charge in [0.2, 0.25) is 11.8 Å². The Hall–Kier alpha value is -2.04. The first-order valence-electron chi connectivity index (χ1n) is 6.89. The van der Waals surface area contributed by atoms with Crippen LogP contribution < -0.4 is 5.32 Å². The molecule has 0 aromatic heterocycles. The summed E-state index contributed by atoms with van der Waals surface area (Å²) in [5.41, 5.74) is 0.913. The predicted molar refractivity (Wildman–Crippen MR) is 78.4 cm³/mol. The summed E-state index contributed by atoms with van der Waals surface area (Å²) in [6.45, 7) is 0.890. The second-order valence-electron chi connectivity index (χ2n) is 5.20. The molecule has 2 rings (SSSR count). The fraction of sp³-hybridized carbons (Fsp3) is 0.467. The molecule has 1 fully saturated rings. The van der Waals surface area contributed by atoms with Crippen molar-refractivity contribution in [2.24, 2.45) is 0 Å². The number of nitrogens with zero attached hydrogens (tertiary/aromatic N) is 2. The Bertz CT molecular complexity index is 473. The predicted octanol–water partition coefficient (Wildman–Crippen LogP) is 1.18. The van der Waals surface area contributed by atoms with Gasteiger partial charge in [0.25, 0.3) is 0 Å². The number of amides is 2. The quantitative estimate of drug-likeness (QED) is 0.897. The number of nitrogens with one attached hydrogen (secondary N) is 1. The third-order valence-electron chi connectivity index (χ3n) is 3.52. The Morgan fingerprint density at radius 2 is 2.00 bits per heavy atom. The summed E-state index contributed by atoms with van der Waals surface area (Å²) in [5.74, 6) is -0.0119. The molecule has 5 heteroatoms. The molecule has 1 aliphatic rings. The standard InChI is InChI=1S/C15H21N3O2/c1-17(2)15(20)13-9-6-10-18(13)14(19)11-16-12-7-4-3-5-8-12/h3-5,7-8,13,16H,6,9-11H2,1-2H3. The van der Waals surface area contributed by atoms with Crippen LogP contribution in [0.2, 0.25) is 0 Å². The molecular weight excluding hydrogens is 254 g/mol. The van der Waals surface area contributed by atoms with Crippen molar-refractivity contribution in [1.82, 2.24) is 9.80 Å². The van der Waals surface area contributed by atoms with Crippen molar-refractivity contribution < 1.29 is 9.59 Å². The van der Waals surface area contributed by atoms with Gasteiger partial charge in [-0.05, 0) is 25.0 Å². The van der Waals surface area contributed by atoms with Crippen molar-refractivity contribution in [3.8, 4) is 0 Å². The first-order chi connectivity index (χ1) is 9.59. The molecule has 108 valence electrons. The number of anilines is 1. The van der Waals surface area contributed by atoms with Gasteiger partial charge < -0.3 is 15.1 Å². The maximum Gasteiger partial charge on any atom is 0.244 e. The third kappa shape index (κ3) is 3.29. The van der Waals surface area contributed by atoms with E-state index in [2.05, 4.69) is 5.32 Å². The van der Waals surface area contributed by atoms with Gasteiger partial charge in [0.05, 0.1) is 6.54 Å². The summed E-state index contributed by atoms with van der Waals surface area (Å²) in [6.07, 6.45) is 1.65. The number of likely N-dealkylation sites (N-methyl/N-ethyl adjacent to an activating group) is 1. The van der Waals surface area contributed by atoms with Gasteiger partial charge in [0, 0.05) is 26.3 Å². The first-order valence-corrected chi connectivity index (χ1v) is 6.89. The van der Waals surface area contributed by atoms with Crippen molar-refractivity contribution in [2.75, 3.05) is 32.5 Å². The van der Waals surface area contributed by atoms with Crippen LogP contribution in [0.3, 0.4) is 0 Å². The summed E-state index contributed by atoms with van der Waals surface area (Å²) >= 11 is 0. The van der Waals surface area contributed by atoms with Gasteiger partial charge in [-0.1, -0.05) is 18.2 Å². The van der Waals surface area contributed by atoms with Gasteiger partial charge >= 0.3 is 0 Å². The van der Waals surface area contributed by atoms with Gasteiger partial charge in [-0.3, -0.25) is 9.59 Å². The largest absolute Gasteiger partial charge is 0.376 e. The zero-order chi connectivity index (χ0) is 14.5. The van der Waals surface area contributed by atoms with Gasteiger partial charge in [-0.2, -0.15) is 0 Å². The van der Waals surface area contributed by atoms with E-state index in [1.165, 1.54) is 0 Å². The third-order valence-corrected chi connectivity index (χ3v) is 3.52. The smallest absolute Gasteiger partial charge is 0.244 e. The second-order valence-corrected chi connectivity index (χ2v) is 5.20. The second kappa shape index (κ2) is 6.41. The zero-order valence-electron chi connectivity index (χ0n) is 12.0. The maximum atomic E-state index is 12.2. The van der Waals surface area contributed by atoms with Crippen molar-refractivity contribution in [3.05, 3.63) is 30.3 Å². The van der Waals surface area contributed by atoms with Crippen LogP contribution in [0, 0.1) is 0 Å². The molecule has 1 aromatic carbocycles. The van der Waals surface area contributed by atoms with Gasteiger partial charge in [0.15, 0.2) is 0 Å². The number of carbonyl (C=O) groups is 2. The Labute approximate surface area is 119 Å². The number of carbonyl (C=O) groups excluding carboxylic acids is 2. The molecule has 1 N–H and O–H groups in total. The van der Waals surface area contributed by atoms with Crippen LogP contribution in [0.4, 0.5) is 5.69 Å². The number of hydrogen-bond donors (Lipinski definition) is 1. The average molecular weight is 275 g/mol. The van der Waals surface area contributed by atoms with E-state index in [9.17, 15) is 9.59 Å². The van der Waals surface area contributed by atoms with Crippen LogP contribution in [-0.4, -0.2) is 54.8 Å². The molecule has 0 saturated carbocycles. The highest BCUT2D eigenvalue weighted by molar-refractivity contribution is 5.89. The number of hydrogen-bond acceptors (Lipinski definition) is 3. The fourth-order valence-electron chi connectivity index (χ4n) is 2.46. The molecule has 1 atom stereocenters. The molecule has 1 heterocycles. The Morgan fingerprint density at radius 1 is 1.30 bits per heavy atom. The number of rotatable bonds is 4. The van der Waals surface area contributed by atoms with Crippen molar-refractivity contribution in [1.29, 1.82) is 0 Å². The van der Waals surface area contributed by atoms with Crippen molar-refractivity contribution in [3.63, 3.8) is 0 Å². The minimum atomic E-state index is -0.296. The molecule has 1 aliphatic heterocycles. The number of benzene rings is 1. The zero-order valence-corrected chi connectivity index (χ0v) is 12.0. The molecule has 0 aliphatic carbocycles. The lowest BCUT2D eigenvalue weighted by molar-refractivity contribution is -0.141. The van der Waals surface area contributed by atoms with E-state index in [1.807, 2.05) is 30.3 Å². The average Bonchev–Trinajstić information content (AvgIpc) is 2.94. The minimum absolute atomic E-state index is 0.00978. The Kier molecular flexibility index (Phi) is 4.61. The molecule has 0 spiro atoms. The lowest BCUT2D eigenvalue weighted by Crippen LogP contribution is -2.47. The number of para-hydroxylation sites is 1. The Morgan fingerprint density at radius 3 is 2.65 bits per heavy atom. The summed E-state index contributed by atoms with van der Waals surface area (Å²) < 4.78 is 0. The summed E-state index contributed by atoms with van der Waals surface area (Å²) in [6, 6.07) is 9.30. The lowest BCUT2D eigenvalue weighted by Gasteiger charge is -2.26. The number of likely N-dealkylation sites (tertiary alicyclic amines) is 1. The lowest BCUT2D eigenvalue weighted by atomic mass is 10.2. The fourth-order valence-corrected chi connectivity index (χ4v) is 2.46. The van der Waals surface area contributed by atoms with Crippen LogP contribution in [0.1, 0.15) is 12.8 Å². The van der Waals surface area contributed by atoms with Crippen LogP contribution in [-0.2, 0) is 9.59 Å². The SMILES string of the molecule is CN(C)C(=O)C1CCCN1C(=O)CNc1ccccc1. The highest BCUT2D eigenvalue weighted by Gasteiger charge is 2.34. The highest BCUT2D eigenvalue weighted by atomic mass is 16.2. The van der Waals surface area contributed by atoms with Crippen molar-refractivity contribution >= 4 is 17.5 Å². The normalized spacial score (nSPS) is 17.9. The first kappa shape index (κ1) is 14.4. The monoisotopic (exact) mass is 275 g/mol. The molecule has 2 amide bonds. The van der Waals surface area contributed by atoms with E-state index in [0.717, 1.165) is 18.5 Å². The van der Waals surface area contributed by atoms with Crippen LogP contribution in [0.5, 0.6) is 0 Å². The molecule has 1 aromatic rings. The van der Waals surface area contributed by atoms with E-state index < -0.39 is 0 Å². The minimum Gasteiger partial charge on any atom is -0.376 e. The molecule has 0 bridgehead atoms. The van der Waals surface area contributed by atoms with E-state index in [-0.39, 0.29) is 24.4 Å². The molecule has 20 heavy (non-hydrogen) atoms. The Balaban J connectivity index is 1.93. The van der Waals surface area contributed by atoms with Crippen molar-refractivity contribution in [2.45, 2.75) is 18.9 Å². The summed E-state index contributed by atoms with van der Waals surface area (Å²) in [5, 5.41) is 3.09. The topological polar surface area (TPSA) is 52.7 Å². The van der Waals surface area contributed by atoms with E-state index in [0.29, 0.717) is 6.54 Å². The van der Waals surface area contributed by atoms with Gasteiger partial charge in [0.1, 0.15) is 6.04 Å². The van der Waals surface area contributed by atoms with E-state index in [1.54, 1.807) is 23.9 Å².